The van der Waals surface area contributed by atoms with Gasteiger partial charge in [-0.05, 0) is 23.8 Å². The van der Waals surface area contributed by atoms with E-state index in [0.717, 1.165) is 22.4 Å². The highest BCUT2D eigenvalue weighted by Gasteiger charge is 2.21. The van der Waals surface area contributed by atoms with Gasteiger partial charge in [0.2, 0.25) is 11.8 Å². The second kappa shape index (κ2) is 10.7. The van der Waals surface area contributed by atoms with Crippen molar-refractivity contribution < 1.29 is 9.59 Å². The molecule has 1 N–H and O–H groups in total. The molecule has 8 nitrogen and oxygen atoms in total. The zero-order valence-electron chi connectivity index (χ0n) is 18.7. The molecule has 2 aromatic heterocycles. The van der Waals surface area contributed by atoms with Crippen molar-refractivity contribution in [2.75, 3.05) is 39.8 Å². The van der Waals surface area contributed by atoms with E-state index in [-0.39, 0.29) is 11.8 Å². The fourth-order valence-electron chi connectivity index (χ4n) is 3.81. The van der Waals surface area contributed by atoms with Gasteiger partial charge in [0, 0.05) is 69.0 Å². The molecule has 2 amide bonds. The summed E-state index contributed by atoms with van der Waals surface area (Å²) in [5, 5.41) is 7.40. The smallest absolute Gasteiger partial charge is 0.246 e. The lowest BCUT2D eigenvalue weighted by atomic mass is 10.1. The molecule has 1 aliphatic heterocycles. The van der Waals surface area contributed by atoms with Crippen molar-refractivity contribution in [1.29, 1.82) is 0 Å². The number of hydrogen-bond donors (Lipinski definition) is 1. The van der Waals surface area contributed by atoms with E-state index >= 15 is 0 Å². The normalized spacial score (nSPS) is 14.5. The van der Waals surface area contributed by atoms with Crippen molar-refractivity contribution in [3.05, 3.63) is 78.3 Å². The predicted octanol–water partition coefficient (Wildman–Crippen LogP) is 1.90. The number of aromatic nitrogens is 3. The average molecular weight is 445 g/mol. The van der Waals surface area contributed by atoms with Crippen LogP contribution in [0.3, 0.4) is 0 Å². The molecule has 3 heterocycles. The number of amides is 2. The number of carbonyl (C=O) groups excluding carboxylic acids is 2. The first-order chi connectivity index (χ1) is 16.1. The Hall–Kier alpha value is -3.78. The third kappa shape index (κ3) is 5.93. The number of likely N-dealkylation sites (N-methyl/N-ethyl adjacent to an activating group) is 1. The Bertz CT molecular complexity index is 1100. The van der Waals surface area contributed by atoms with Crippen LogP contribution in [-0.2, 0) is 16.1 Å². The number of carbonyl (C=O) groups is 2. The Kier molecular flexibility index (Phi) is 7.26. The second-order valence-corrected chi connectivity index (χ2v) is 7.97. The third-order valence-corrected chi connectivity index (χ3v) is 5.65. The summed E-state index contributed by atoms with van der Waals surface area (Å²) < 4.78 is 1.89. The largest absolute Gasteiger partial charge is 0.358 e. The first-order valence-corrected chi connectivity index (χ1v) is 11.0. The molecule has 1 fully saturated rings. The number of rotatable bonds is 7. The monoisotopic (exact) mass is 444 g/mol. The van der Waals surface area contributed by atoms with Crippen LogP contribution in [0, 0.1) is 0 Å². The summed E-state index contributed by atoms with van der Waals surface area (Å²) in [6.45, 7) is 3.57. The van der Waals surface area contributed by atoms with Crippen LogP contribution in [0.4, 0.5) is 0 Å². The highest BCUT2D eigenvalue weighted by molar-refractivity contribution is 5.93. The molecular weight excluding hydrogens is 416 g/mol. The lowest BCUT2D eigenvalue weighted by molar-refractivity contribution is -0.128. The first-order valence-electron chi connectivity index (χ1n) is 11.0. The molecule has 1 aromatic carbocycles. The Balaban J connectivity index is 1.47. The van der Waals surface area contributed by atoms with Gasteiger partial charge in [-0.15, -0.1) is 0 Å². The molecule has 3 aromatic rings. The van der Waals surface area contributed by atoms with E-state index in [4.69, 9.17) is 5.10 Å². The summed E-state index contributed by atoms with van der Waals surface area (Å²) in [5.41, 5.74) is 3.71. The zero-order chi connectivity index (χ0) is 23.0. The Labute approximate surface area is 193 Å². The minimum atomic E-state index is -0.0393. The van der Waals surface area contributed by atoms with Gasteiger partial charge in [0.15, 0.2) is 0 Å². The summed E-state index contributed by atoms with van der Waals surface area (Å²) in [6.07, 6.45) is 8.90. The van der Waals surface area contributed by atoms with Crippen molar-refractivity contribution in [3.63, 3.8) is 0 Å². The number of piperazine rings is 1. The highest BCUT2D eigenvalue weighted by atomic mass is 16.2. The molecule has 1 aliphatic rings. The number of pyridine rings is 1. The molecule has 0 aliphatic carbocycles. The van der Waals surface area contributed by atoms with E-state index in [1.807, 2.05) is 52.2 Å². The van der Waals surface area contributed by atoms with Crippen LogP contribution in [0.15, 0.2) is 67.1 Å². The maximum atomic E-state index is 12.8. The zero-order valence-corrected chi connectivity index (χ0v) is 18.7. The van der Waals surface area contributed by atoms with Gasteiger partial charge in [-0.1, -0.05) is 30.3 Å². The predicted molar refractivity (Wildman–Crippen MR) is 127 cm³/mol. The van der Waals surface area contributed by atoms with Crippen molar-refractivity contribution in [3.8, 4) is 11.3 Å². The molecule has 0 atom stereocenters. The minimum Gasteiger partial charge on any atom is -0.358 e. The van der Waals surface area contributed by atoms with E-state index in [9.17, 15) is 9.59 Å². The molecule has 33 heavy (non-hydrogen) atoms. The van der Waals surface area contributed by atoms with E-state index in [1.54, 1.807) is 25.5 Å². The van der Waals surface area contributed by atoms with Crippen molar-refractivity contribution >= 4 is 17.9 Å². The molecular formula is C25H28N6O2. The topological polar surface area (TPSA) is 83.4 Å². The van der Waals surface area contributed by atoms with Crippen LogP contribution in [-0.4, -0.2) is 76.2 Å². The molecule has 0 saturated carbocycles. The summed E-state index contributed by atoms with van der Waals surface area (Å²) in [5.74, 6) is -0.0485. The van der Waals surface area contributed by atoms with Gasteiger partial charge in [0.25, 0.3) is 0 Å². The van der Waals surface area contributed by atoms with Crippen molar-refractivity contribution in [1.82, 2.24) is 29.9 Å². The number of nitrogens with zero attached hydrogens (tertiary/aromatic N) is 5. The summed E-state index contributed by atoms with van der Waals surface area (Å²) >= 11 is 0. The van der Waals surface area contributed by atoms with Gasteiger partial charge in [0.1, 0.15) is 5.69 Å². The summed E-state index contributed by atoms with van der Waals surface area (Å²) in [7, 11) is 1.63. The lowest BCUT2D eigenvalue weighted by Crippen LogP contribution is -2.50. The second-order valence-electron chi connectivity index (χ2n) is 7.97. The molecule has 4 rings (SSSR count). The maximum absolute atomic E-state index is 12.8. The van der Waals surface area contributed by atoms with Crippen LogP contribution in [0.25, 0.3) is 17.3 Å². The Morgan fingerprint density at radius 3 is 2.55 bits per heavy atom. The molecule has 0 bridgehead atoms. The van der Waals surface area contributed by atoms with E-state index in [2.05, 4.69) is 27.3 Å². The molecule has 1 saturated heterocycles. The van der Waals surface area contributed by atoms with Gasteiger partial charge in [-0.3, -0.25) is 24.2 Å². The quantitative estimate of drug-likeness (QED) is 0.563. The van der Waals surface area contributed by atoms with Gasteiger partial charge in [-0.2, -0.15) is 5.10 Å². The van der Waals surface area contributed by atoms with Crippen LogP contribution in [0.1, 0.15) is 11.1 Å². The summed E-state index contributed by atoms with van der Waals surface area (Å²) in [6, 6.07) is 14.0. The van der Waals surface area contributed by atoms with Gasteiger partial charge >= 0.3 is 0 Å². The molecule has 170 valence electrons. The van der Waals surface area contributed by atoms with E-state index in [1.165, 1.54) is 0 Å². The Morgan fingerprint density at radius 1 is 1.06 bits per heavy atom. The lowest BCUT2D eigenvalue weighted by Gasteiger charge is -2.33. The van der Waals surface area contributed by atoms with Crippen molar-refractivity contribution in [2.24, 2.45) is 0 Å². The van der Waals surface area contributed by atoms with Gasteiger partial charge in [0.05, 0.1) is 13.1 Å². The molecule has 0 radical (unpaired) electrons. The highest BCUT2D eigenvalue weighted by Crippen LogP contribution is 2.23. The number of benzene rings is 1. The summed E-state index contributed by atoms with van der Waals surface area (Å²) in [4.78, 5) is 32.5. The molecule has 8 heteroatoms. The molecule has 0 unspecified atom stereocenters. The fourth-order valence-corrected chi connectivity index (χ4v) is 3.81. The first kappa shape index (κ1) is 22.4. The minimum absolute atomic E-state index is 0.00915. The van der Waals surface area contributed by atoms with Crippen molar-refractivity contribution in [2.45, 2.75) is 6.54 Å². The Morgan fingerprint density at radius 2 is 1.85 bits per heavy atom. The SMILES string of the molecule is CNC(=O)CN1CCN(C(=O)C=Cc2cn(Cc3ccccc3)nc2-c2cccnc2)CC1. The van der Waals surface area contributed by atoms with Gasteiger partial charge in [-0.25, -0.2) is 0 Å². The van der Waals surface area contributed by atoms with Crippen LogP contribution in [0.5, 0.6) is 0 Å². The van der Waals surface area contributed by atoms with Crippen LogP contribution in [0.2, 0.25) is 0 Å². The van der Waals surface area contributed by atoms with Gasteiger partial charge < -0.3 is 10.2 Å². The third-order valence-electron chi connectivity index (χ3n) is 5.65. The standard InChI is InChI=1S/C25H28N6O2/c1-26-23(32)19-29-12-14-30(15-13-29)24(33)10-9-22-18-31(17-20-6-3-2-4-7-20)28-25(22)21-8-5-11-27-16-21/h2-11,16,18H,12-15,17,19H2,1H3,(H,26,32). The number of hydrogen-bond acceptors (Lipinski definition) is 5. The van der Waals surface area contributed by atoms with E-state index < -0.39 is 0 Å². The van der Waals surface area contributed by atoms with Crippen LogP contribution >= 0.6 is 0 Å². The fraction of sp³-hybridized carbons (Fsp3) is 0.280. The number of nitrogens with one attached hydrogen (secondary N) is 1. The average Bonchev–Trinajstić information content (AvgIpc) is 3.26. The van der Waals surface area contributed by atoms with E-state index in [0.29, 0.717) is 39.3 Å². The maximum Gasteiger partial charge on any atom is 0.246 e. The van der Waals surface area contributed by atoms with Crippen LogP contribution < -0.4 is 5.32 Å². The molecule has 0 spiro atoms.